The first kappa shape index (κ1) is 15.8. The summed E-state index contributed by atoms with van der Waals surface area (Å²) in [4.78, 5) is 15.8. The van der Waals surface area contributed by atoms with Crippen LogP contribution in [0.15, 0.2) is 4.99 Å². The number of aliphatic imine (C=N–C) groups is 1. The number of rotatable bonds is 7. The largest absolute Gasteiger partial charge is 0.383 e. The molecular formula is C13H26N4O2. The zero-order valence-corrected chi connectivity index (χ0v) is 12.0. The maximum absolute atomic E-state index is 11.7. The molecule has 1 amide bonds. The van der Waals surface area contributed by atoms with Crippen molar-refractivity contribution in [2.45, 2.75) is 38.1 Å². The lowest BCUT2D eigenvalue weighted by Crippen LogP contribution is -2.41. The number of carbonyl (C=O) groups excluding carboxylic acids is 1. The molecule has 0 bridgehead atoms. The summed E-state index contributed by atoms with van der Waals surface area (Å²) in [7, 11) is 3.37. The Morgan fingerprint density at radius 3 is 2.58 bits per heavy atom. The standard InChI is InChI=1S/C13H26N4O2/c1-14-13(16-9-10-19-2)15-8-7-12(18)17-11-5-3-4-6-11/h11H,3-10H2,1-2H3,(H,17,18)(H2,14,15,16). The molecule has 19 heavy (non-hydrogen) atoms. The van der Waals surface area contributed by atoms with Gasteiger partial charge in [-0.2, -0.15) is 0 Å². The van der Waals surface area contributed by atoms with E-state index in [0.717, 1.165) is 12.8 Å². The predicted octanol–water partition coefficient (Wildman–Crippen LogP) is 0.247. The summed E-state index contributed by atoms with van der Waals surface area (Å²) in [5, 5.41) is 9.27. The summed E-state index contributed by atoms with van der Waals surface area (Å²) >= 11 is 0. The molecule has 1 rings (SSSR count). The molecule has 1 aliphatic rings. The topological polar surface area (TPSA) is 74.8 Å². The highest BCUT2D eigenvalue weighted by molar-refractivity contribution is 5.81. The van der Waals surface area contributed by atoms with Crippen molar-refractivity contribution in [3.05, 3.63) is 0 Å². The Labute approximate surface area is 115 Å². The normalized spacial score (nSPS) is 16.4. The third-order valence-electron chi connectivity index (χ3n) is 3.19. The minimum Gasteiger partial charge on any atom is -0.383 e. The molecule has 3 N–H and O–H groups in total. The molecule has 1 aliphatic carbocycles. The Kier molecular flexibility index (Phi) is 7.97. The fourth-order valence-corrected chi connectivity index (χ4v) is 2.16. The molecule has 6 heteroatoms. The summed E-state index contributed by atoms with van der Waals surface area (Å²) in [5.41, 5.74) is 0. The molecule has 0 saturated heterocycles. The van der Waals surface area contributed by atoms with E-state index in [2.05, 4.69) is 20.9 Å². The van der Waals surface area contributed by atoms with Crippen LogP contribution in [0.25, 0.3) is 0 Å². The van der Waals surface area contributed by atoms with Crippen LogP contribution in [0.1, 0.15) is 32.1 Å². The van der Waals surface area contributed by atoms with Gasteiger partial charge < -0.3 is 20.7 Å². The zero-order valence-electron chi connectivity index (χ0n) is 12.0. The summed E-state index contributed by atoms with van der Waals surface area (Å²) in [6, 6.07) is 0.395. The molecule has 110 valence electrons. The number of hydrogen-bond acceptors (Lipinski definition) is 3. The van der Waals surface area contributed by atoms with Gasteiger partial charge in [0.15, 0.2) is 5.96 Å². The fraction of sp³-hybridized carbons (Fsp3) is 0.846. The van der Waals surface area contributed by atoms with Crippen molar-refractivity contribution in [1.82, 2.24) is 16.0 Å². The number of nitrogens with zero attached hydrogens (tertiary/aromatic N) is 1. The van der Waals surface area contributed by atoms with E-state index < -0.39 is 0 Å². The molecule has 0 unspecified atom stereocenters. The van der Waals surface area contributed by atoms with Gasteiger partial charge in [-0.3, -0.25) is 9.79 Å². The van der Waals surface area contributed by atoms with Crippen LogP contribution in [0.3, 0.4) is 0 Å². The van der Waals surface area contributed by atoms with Crippen molar-refractivity contribution in [3.8, 4) is 0 Å². The second kappa shape index (κ2) is 9.61. The SMILES string of the molecule is CN=C(NCCOC)NCCC(=O)NC1CCCC1. The van der Waals surface area contributed by atoms with Gasteiger partial charge in [0.2, 0.25) is 5.91 Å². The molecule has 0 aromatic carbocycles. The predicted molar refractivity (Wildman–Crippen MR) is 76.3 cm³/mol. The maximum atomic E-state index is 11.7. The summed E-state index contributed by atoms with van der Waals surface area (Å²) in [6.45, 7) is 1.92. The molecule has 0 aromatic rings. The van der Waals surface area contributed by atoms with E-state index in [1.165, 1.54) is 12.8 Å². The Morgan fingerprint density at radius 2 is 1.95 bits per heavy atom. The van der Waals surface area contributed by atoms with Crippen molar-refractivity contribution >= 4 is 11.9 Å². The van der Waals surface area contributed by atoms with Crippen molar-refractivity contribution in [3.63, 3.8) is 0 Å². The number of ether oxygens (including phenoxy) is 1. The molecule has 1 saturated carbocycles. The molecule has 0 aliphatic heterocycles. The van der Waals surface area contributed by atoms with Crippen LogP contribution in [-0.2, 0) is 9.53 Å². The minimum absolute atomic E-state index is 0.117. The zero-order chi connectivity index (χ0) is 13.9. The third-order valence-corrected chi connectivity index (χ3v) is 3.19. The number of carbonyl (C=O) groups is 1. The number of methoxy groups -OCH3 is 1. The van der Waals surface area contributed by atoms with Crippen LogP contribution in [0.4, 0.5) is 0 Å². The Balaban J connectivity index is 2.08. The second-order valence-electron chi connectivity index (χ2n) is 4.72. The van der Waals surface area contributed by atoms with E-state index in [1.54, 1.807) is 14.2 Å². The number of amides is 1. The Bertz CT molecular complexity index is 288. The monoisotopic (exact) mass is 270 g/mol. The van der Waals surface area contributed by atoms with Gasteiger partial charge >= 0.3 is 0 Å². The molecule has 0 radical (unpaired) electrons. The van der Waals surface area contributed by atoms with Crippen molar-refractivity contribution in [2.24, 2.45) is 4.99 Å². The average Bonchev–Trinajstić information content (AvgIpc) is 2.90. The summed E-state index contributed by atoms with van der Waals surface area (Å²) < 4.78 is 4.94. The smallest absolute Gasteiger partial charge is 0.221 e. The number of hydrogen-bond donors (Lipinski definition) is 3. The first-order valence-electron chi connectivity index (χ1n) is 6.99. The quantitative estimate of drug-likeness (QED) is 0.352. The van der Waals surface area contributed by atoms with Gasteiger partial charge in [-0.1, -0.05) is 12.8 Å². The highest BCUT2D eigenvalue weighted by Gasteiger charge is 2.16. The molecule has 0 aromatic heterocycles. The maximum Gasteiger partial charge on any atom is 0.221 e. The second-order valence-corrected chi connectivity index (χ2v) is 4.72. The van der Waals surface area contributed by atoms with Gasteiger partial charge in [-0.05, 0) is 12.8 Å². The van der Waals surface area contributed by atoms with E-state index in [4.69, 9.17) is 4.74 Å². The van der Waals surface area contributed by atoms with Crippen LogP contribution in [0.5, 0.6) is 0 Å². The van der Waals surface area contributed by atoms with Crippen molar-refractivity contribution < 1.29 is 9.53 Å². The highest BCUT2D eigenvalue weighted by Crippen LogP contribution is 2.17. The van der Waals surface area contributed by atoms with E-state index in [1.807, 2.05) is 0 Å². The fourth-order valence-electron chi connectivity index (χ4n) is 2.16. The van der Waals surface area contributed by atoms with Crippen LogP contribution < -0.4 is 16.0 Å². The lowest BCUT2D eigenvalue weighted by Gasteiger charge is -2.13. The molecule has 0 heterocycles. The Hall–Kier alpha value is -1.30. The van der Waals surface area contributed by atoms with Crippen molar-refractivity contribution in [2.75, 3.05) is 33.9 Å². The average molecular weight is 270 g/mol. The van der Waals surface area contributed by atoms with Crippen LogP contribution >= 0.6 is 0 Å². The molecule has 1 fully saturated rings. The first-order chi connectivity index (χ1) is 9.26. The molecule has 0 atom stereocenters. The van der Waals surface area contributed by atoms with Gasteiger partial charge in [-0.15, -0.1) is 0 Å². The van der Waals surface area contributed by atoms with Gasteiger partial charge in [0.1, 0.15) is 0 Å². The highest BCUT2D eigenvalue weighted by atomic mass is 16.5. The number of nitrogens with one attached hydrogen (secondary N) is 3. The van der Waals surface area contributed by atoms with Crippen LogP contribution in [0.2, 0.25) is 0 Å². The van der Waals surface area contributed by atoms with Gasteiger partial charge in [0.05, 0.1) is 6.61 Å². The Morgan fingerprint density at radius 1 is 1.26 bits per heavy atom. The van der Waals surface area contributed by atoms with Gasteiger partial charge in [-0.25, -0.2) is 0 Å². The number of guanidine groups is 1. The van der Waals surface area contributed by atoms with Crippen LogP contribution in [-0.4, -0.2) is 51.8 Å². The summed E-state index contributed by atoms with van der Waals surface area (Å²) in [5.74, 6) is 0.817. The van der Waals surface area contributed by atoms with Crippen molar-refractivity contribution in [1.29, 1.82) is 0 Å². The minimum atomic E-state index is 0.117. The molecule has 6 nitrogen and oxygen atoms in total. The van der Waals surface area contributed by atoms with Crippen LogP contribution in [0, 0.1) is 0 Å². The lowest BCUT2D eigenvalue weighted by molar-refractivity contribution is -0.121. The first-order valence-corrected chi connectivity index (χ1v) is 6.99. The third kappa shape index (κ3) is 7.00. The lowest BCUT2D eigenvalue weighted by atomic mass is 10.2. The van der Waals surface area contributed by atoms with E-state index >= 15 is 0 Å². The molecular weight excluding hydrogens is 244 g/mol. The van der Waals surface area contributed by atoms with Gasteiger partial charge in [0.25, 0.3) is 0 Å². The van der Waals surface area contributed by atoms with E-state index in [0.29, 0.717) is 38.1 Å². The van der Waals surface area contributed by atoms with Gasteiger partial charge in [0, 0.05) is 39.7 Å². The summed E-state index contributed by atoms with van der Waals surface area (Å²) in [6.07, 6.45) is 5.19. The van der Waals surface area contributed by atoms with E-state index in [-0.39, 0.29) is 5.91 Å². The molecule has 0 spiro atoms. The van der Waals surface area contributed by atoms with E-state index in [9.17, 15) is 4.79 Å².